The van der Waals surface area contributed by atoms with E-state index in [4.69, 9.17) is 0 Å². The third-order valence-corrected chi connectivity index (χ3v) is 4.28. The summed E-state index contributed by atoms with van der Waals surface area (Å²) in [6.07, 6.45) is 2.91. The second-order valence-electron chi connectivity index (χ2n) is 3.80. The lowest BCUT2D eigenvalue weighted by molar-refractivity contribution is 1.02. The summed E-state index contributed by atoms with van der Waals surface area (Å²) < 4.78 is 1.29. The van der Waals surface area contributed by atoms with Crippen LogP contribution < -0.4 is 5.32 Å². The van der Waals surface area contributed by atoms with Gasteiger partial charge >= 0.3 is 0 Å². The molecule has 0 radical (unpaired) electrons. The van der Waals surface area contributed by atoms with Crippen LogP contribution in [0.25, 0.3) is 10.1 Å². The summed E-state index contributed by atoms with van der Waals surface area (Å²) in [7, 11) is 0. The summed E-state index contributed by atoms with van der Waals surface area (Å²) in [5.74, 6) is 0.999. The molecule has 0 bridgehead atoms. The van der Waals surface area contributed by atoms with Crippen LogP contribution in [0, 0.1) is 0 Å². The molecule has 3 heterocycles. The molecule has 0 aliphatic heterocycles. The van der Waals surface area contributed by atoms with Gasteiger partial charge < -0.3 is 5.32 Å². The molecule has 0 unspecified atom stereocenters. The van der Waals surface area contributed by atoms with Gasteiger partial charge in [0.2, 0.25) is 0 Å². The molecule has 0 saturated heterocycles. The number of nitrogens with one attached hydrogen (secondary N) is 1. The molecule has 0 fully saturated rings. The summed E-state index contributed by atoms with van der Waals surface area (Å²) in [4.78, 5) is 4.40. The first-order valence-corrected chi connectivity index (χ1v) is 7.33. The van der Waals surface area contributed by atoms with E-state index in [9.17, 15) is 0 Å². The highest BCUT2D eigenvalue weighted by molar-refractivity contribution is 7.17. The zero-order valence-corrected chi connectivity index (χ0v) is 10.9. The Balaban J connectivity index is 1.70. The fraction of sp³-hybridized carbons (Fsp3) is 0.154. The van der Waals surface area contributed by atoms with Gasteiger partial charge in [0, 0.05) is 22.8 Å². The highest BCUT2D eigenvalue weighted by Crippen LogP contribution is 2.25. The Morgan fingerprint density at radius 3 is 3.06 bits per heavy atom. The Hall–Kier alpha value is -1.39. The lowest BCUT2D eigenvalue weighted by Crippen LogP contribution is -2.05. The van der Waals surface area contributed by atoms with E-state index >= 15 is 0 Å². The van der Waals surface area contributed by atoms with Gasteiger partial charge in [0.25, 0.3) is 0 Å². The van der Waals surface area contributed by atoms with Gasteiger partial charge in [0.05, 0.1) is 0 Å². The van der Waals surface area contributed by atoms with Gasteiger partial charge in [-0.1, -0.05) is 0 Å². The van der Waals surface area contributed by atoms with Crippen LogP contribution in [-0.2, 0) is 6.42 Å². The fourth-order valence-corrected chi connectivity index (χ4v) is 3.28. The minimum absolute atomic E-state index is 0.929. The third-order valence-electron chi connectivity index (χ3n) is 2.67. The van der Waals surface area contributed by atoms with Gasteiger partial charge in [-0.2, -0.15) is 11.3 Å². The quantitative estimate of drug-likeness (QED) is 0.766. The second-order valence-corrected chi connectivity index (χ2v) is 5.53. The lowest BCUT2D eigenvalue weighted by Gasteiger charge is -2.05. The number of rotatable bonds is 4. The number of anilines is 1. The average Bonchev–Trinajstić information content (AvgIpc) is 2.99. The van der Waals surface area contributed by atoms with Gasteiger partial charge in [0.15, 0.2) is 0 Å². The van der Waals surface area contributed by atoms with Crippen LogP contribution >= 0.6 is 22.7 Å². The van der Waals surface area contributed by atoms with Crippen molar-refractivity contribution in [2.75, 3.05) is 11.9 Å². The average molecular weight is 260 g/mol. The maximum Gasteiger partial charge on any atom is 0.134 e. The van der Waals surface area contributed by atoms with Crippen molar-refractivity contribution in [3.8, 4) is 0 Å². The molecule has 0 amide bonds. The van der Waals surface area contributed by atoms with Crippen LogP contribution in [0.15, 0.2) is 40.5 Å². The standard InChI is InChI=1S/C13H12N2S2/c1(10-3-7-16-9-10)5-14-13-11-4-8-17-12(11)2-6-15-13/h2-4,6-9H,1,5H2,(H,14,15). The number of pyridine rings is 1. The summed E-state index contributed by atoms with van der Waals surface area (Å²) in [6.45, 7) is 0.929. The van der Waals surface area contributed by atoms with E-state index in [1.165, 1.54) is 15.6 Å². The van der Waals surface area contributed by atoms with Crippen LogP contribution in [-0.4, -0.2) is 11.5 Å². The van der Waals surface area contributed by atoms with Crippen molar-refractivity contribution in [2.24, 2.45) is 0 Å². The monoisotopic (exact) mass is 260 g/mol. The molecule has 0 aromatic carbocycles. The predicted molar refractivity (Wildman–Crippen MR) is 76.1 cm³/mol. The minimum atomic E-state index is 0.929. The molecule has 0 saturated carbocycles. The normalized spacial score (nSPS) is 10.8. The molecule has 3 rings (SSSR count). The number of aromatic nitrogens is 1. The van der Waals surface area contributed by atoms with E-state index in [0.717, 1.165) is 18.8 Å². The SMILES string of the molecule is c1cc2sccc2c(NCCc2ccsc2)n1. The van der Waals surface area contributed by atoms with E-state index in [1.54, 1.807) is 22.7 Å². The molecule has 1 N–H and O–H groups in total. The van der Waals surface area contributed by atoms with Gasteiger partial charge in [0.1, 0.15) is 5.82 Å². The summed E-state index contributed by atoms with van der Waals surface area (Å²) in [5.41, 5.74) is 1.39. The third kappa shape index (κ3) is 2.33. The molecule has 0 aliphatic rings. The fourth-order valence-electron chi connectivity index (χ4n) is 1.80. The van der Waals surface area contributed by atoms with Crippen LogP contribution in [0.5, 0.6) is 0 Å². The van der Waals surface area contributed by atoms with Gasteiger partial charge in [-0.05, 0) is 46.3 Å². The minimum Gasteiger partial charge on any atom is -0.369 e. The summed E-state index contributed by atoms with van der Waals surface area (Å²) >= 11 is 3.50. The highest BCUT2D eigenvalue weighted by Gasteiger charge is 2.02. The topological polar surface area (TPSA) is 24.9 Å². The number of hydrogen-bond donors (Lipinski definition) is 1. The first-order valence-electron chi connectivity index (χ1n) is 5.50. The van der Waals surface area contributed by atoms with E-state index in [2.05, 4.69) is 44.6 Å². The first kappa shape index (κ1) is 10.7. The molecular formula is C13H12N2S2. The first-order chi connectivity index (χ1) is 8.43. The van der Waals surface area contributed by atoms with Gasteiger partial charge in [-0.15, -0.1) is 11.3 Å². The lowest BCUT2D eigenvalue weighted by atomic mass is 10.2. The summed E-state index contributed by atoms with van der Waals surface area (Å²) in [6, 6.07) is 6.36. The Bertz CT molecular complexity index is 599. The second kappa shape index (κ2) is 4.85. The van der Waals surface area contributed by atoms with Crippen LogP contribution in [0.3, 0.4) is 0 Å². The maximum atomic E-state index is 4.40. The molecule has 0 aliphatic carbocycles. The molecule has 17 heavy (non-hydrogen) atoms. The van der Waals surface area contributed by atoms with Crippen molar-refractivity contribution in [1.29, 1.82) is 0 Å². The predicted octanol–water partition coefficient (Wildman–Crippen LogP) is 4.01. The molecule has 0 spiro atoms. The molecule has 4 heteroatoms. The van der Waals surface area contributed by atoms with Crippen LogP contribution in [0.2, 0.25) is 0 Å². The Kier molecular flexibility index (Phi) is 3.07. The van der Waals surface area contributed by atoms with Gasteiger partial charge in [-0.25, -0.2) is 4.98 Å². The molecule has 3 aromatic heterocycles. The van der Waals surface area contributed by atoms with Crippen molar-refractivity contribution in [3.63, 3.8) is 0 Å². The molecule has 86 valence electrons. The van der Waals surface area contributed by atoms with E-state index in [-0.39, 0.29) is 0 Å². The van der Waals surface area contributed by atoms with Crippen molar-refractivity contribution in [3.05, 3.63) is 46.1 Å². The smallest absolute Gasteiger partial charge is 0.134 e. The van der Waals surface area contributed by atoms with E-state index < -0.39 is 0 Å². The molecule has 2 nitrogen and oxygen atoms in total. The highest BCUT2D eigenvalue weighted by atomic mass is 32.1. The zero-order chi connectivity index (χ0) is 11.5. The Morgan fingerprint density at radius 1 is 1.18 bits per heavy atom. The van der Waals surface area contributed by atoms with Crippen molar-refractivity contribution < 1.29 is 0 Å². The van der Waals surface area contributed by atoms with Crippen molar-refractivity contribution >= 4 is 38.6 Å². The summed E-state index contributed by atoms with van der Waals surface area (Å²) in [5, 5.41) is 11.1. The van der Waals surface area contributed by atoms with E-state index in [1.807, 2.05) is 6.20 Å². The number of nitrogens with zero attached hydrogens (tertiary/aromatic N) is 1. The largest absolute Gasteiger partial charge is 0.369 e. The zero-order valence-electron chi connectivity index (χ0n) is 9.22. The maximum absolute atomic E-state index is 4.40. The molecular weight excluding hydrogens is 248 g/mol. The van der Waals surface area contributed by atoms with Crippen LogP contribution in [0.1, 0.15) is 5.56 Å². The number of hydrogen-bond acceptors (Lipinski definition) is 4. The van der Waals surface area contributed by atoms with Crippen LogP contribution in [0.4, 0.5) is 5.82 Å². The Morgan fingerprint density at radius 2 is 2.18 bits per heavy atom. The van der Waals surface area contributed by atoms with Crippen molar-refractivity contribution in [2.45, 2.75) is 6.42 Å². The molecule has 3 aromatic rings. The number of fused-ring (bicyclic) bond motifs is 1. The number of thiophene rings is 2. The van der Waals surface area contributed by atoms with Crippen molar-refractivity contribution in [1.82, 2.24) is 4.98 Å². The van der Waals surface area contributed by atoms with Gasteiger partial charge in [-0.3, -0.25) is 0 Å². The molecule has 0 atom stereocenters. The van der Waals surface area contributed by atoms with E-state index in [0.29, 0.717) is 0 Å². The Labute approximate surface area is 108 Å².